The Labute approximate surface area is 112 Å². The highest BCUT2D eigenvalue weighted by molar-refractivity contribution is 7.17. The molecule has 1 unspecified atom stereocenters. The van der Waals surface area contributed by atoms with Gasteiger partial charge in [-0.1, -0.05) is 43.9 Å². The van der Waals surface area contributed by atoms with Crippen LogP contribution in [0.5, 0.6) is 0 Å². The Morgan fingerprint density at radius 3 is 2.83 bits per heavy atom. The standard InChI is InChI=1S/C16H20OS/c17-15(10-9-12-5-1-2-6-12)14-11-18-16-8-4-3-7-13(14)16/h3-4,7-8,11-12,15,17H,1-2,5-6,9-10H2. The summed E-state index contributed by atoms with van der Waals surface area (Å²) in [5, 5.41) is 13.7. The second-order valence-corrected chi connectivity index (χ2v) is 6.34. The Kier molecular flexibility index (Phi) is 3.67. The Bertz CT molecular complexity index is 511. The van der Waals surface area contributed by atoms with Crippen LogP contribution in [0, 0.1) is 5.92 Å². The molecule has 0 spiro atoms. The Morgan fingerprint density at radius 1 is 1.22 bits per heavy atom. The summed E-state index contributed by atoms with van der Waals surface area (Å²) >= 11 is 1.74. The van der Waals surface area contributed by atoms with E-state index in [4.69, 9.17) is 0 Å². The number of aliphatic hydroxyl groups is 1. The van der Waals surface area contributed by atoms with E-state index in [1.807, 2.05) is 0 Å². The minimum atomic E-state index is -0.276. The molecule has 1 heterocycles. The van der Waals surface area contributed by atoms with Gasteiger partial charge in [-0.05, 0) is 41.2 Å². The maximum Gasteiger partial charge on any atom is 0.0804 e. The second-order valence-electron chi connectivity index (χ2n) is 5.43. The third kappa shape index (κ3) is 2.45. The average molecular weight is 260 g/mol. The molecule has 1 nitrogen and oxygen atoms in total. The first kappa shape index (κ1) is 12.2. The molecule has 1 saturated carbocycles. The Hall–Kier alpha value is -0.860. The zero-order valence-electron chi connectivity index (χ0n) is 10.6. The zero-order chi connectivity index (χ0) is 12.4. The van der Waals surface area contributed by atoms with Crippen molar-refractivity contribution in [1.29, 1.82) is 0 Å². The predicted molar refractivity (Wildman–Crippen MR) is 78.0 cm³/mol. The first-order valence-corrected chi connectivity index (χ1v) is 7.87. The van der Waals surface area contributed by atoms with Gasteiger partial charge in [-0.15, -0.1) is 11.3 Å². The molecule has 18 heavy (non-hydrogen) atoms. The van der Waals surface area contributed by atoms with Gasteiger partial charge in [-0.3, -0.25) is 0 Å². The van der Waals surface area contributed by atoms with E-state index in [2.05, 4.69) is 29.6 Å². The van der Waals surface area contributed by atoms with Crippen molar-refractivity contribution in [1.82, 2.24) is 0 Å². The Balaban J connectivity index is 1.69. The number of hydrogen-bond donors (Lipinski definition) is 1. The number of rotatable bonds is 4. The van der Waals surface area contributed by atoms with E-state index in [9.17, 15) is 5.11 Å². The van der Waals surface area contributed by atoms with Gasteiger partial charge < -0.3 is 5.11 Å². The minimum absolute atomic E-state index is 0.276. The number of benzene rings is 1. The number of hydrogen-bond acceptors (Lipinski definition) is 2. The highest BCUT2D eigenvalue weighted by Crippen LogP contribution is 2.35. The third-order valence-corrected chi connectivity index (χ3v) is 5.17. The van der Waals surface area contributed by atoms with Crippen molar-refractivity contribution in [3.8, 4) is 0 Å². The number of fused-ring (bicyclic) bond motifs is 1. The van der Waals surface area contributed by atoms with E-state index in [1.54, 1.807) is 11.3 Å². The van der Waals surface area contributed by atoms with Gasteiger partial charge in [0, 0.05) is 4.70 Å². The normalized spacial score (nSPS) is 18.5. The topological polar surface area (TPSA) is 20.2 Å². The van der Waals surface area contributed by atoms with Gasteiger partial charge in [0.05, 0.1) is 6.10 Å². The molecule has 0 saturated heterocycles. The third-order valence-electron chi connectivity index (χ3n) is 4.19. The molecule has 1 aliphatic rings. The molecule has 0 amide bonds. The lowest BCUT2D eigenvalue weighted by Gasteiger charge is -2.13. The summed E-state index contributed by atoms with van der Waals surface area (Å²) in [6.07, 6.45) is 7.36. The largest absolute Gasteiger partial charge is 0.388 e. The van der Waals surface area contributed by atoms with Gasteiger partial charge in [0.1, 0.15) is 0 Å². The summed E-state index contributed by atoms with van der Waals surface area (Å²) in [7, 11) is 0. The molecule has 0 radical (unpaired) electrons. The maximum absolute atomic E-state index is 10.4. The van der Waals surface area contributed by atoms with Crippen LogP contribution < -0.4 is 0 Å². The fourth-order valence-electron chi connectivity index (χ4n) is 3.10. The molecule has 1 N–H and O–H groups in total. The lowest BCUT2D eigenvalue weighted by Crippen LogP contribution is -2.01. The van der Waals surface area contributed by atoms with Gasteiger partial charge >= 0.3 is 0 Å². The van der Waals surface area contributed by atoms with Crippen molar-refractivity contribution in [3.05, 3.63) is 35.2 Å². The fourth-order valence-corrected chi connectivity index (χ4v) is 4.11. The van der Waals surface area contributed by atoms with E-state index in [0.29, 0.717) is 0 Å². The summed E-state index contributed by atoms with van der Waals surface area (Å²) in [6.45, 7) is 0. The summed E-state index contributed by atoms with van der Waals surface area (Å²) in [5.41, 5.74) is 1.13. The molecule has 3 rings (SSSR count). The van der Waals surface area contributed by atoms with Gasteiger partial charge in [0.2, 0.25) is 0 Å². The molecule has 1 fully saturated rings. The fraction of sp³-hybridized carbons (Fsp3) is 0.500. The first-order chi connectivity index (χ1) is 8.84. The summed E-state index contributed by atoms with van der Waals surface area (Å²) < 4.78 is 1.28. The molecule has 0 bridgehead atoms. The van der Waals surface area contributed by atoms with Crippen molar-refractivity contribution < 1.29 is 5.11 Å². The molecule has 2 aromatic rings. The Morgan fingerprint density at radius 2 is 2.00 bits per heavy atom. The van der Waals surface area contributed by atoms with Crippen LogP contribution in [0.1, 0.15) is 50.2 Å². The van der Waals surface area contributed by atoms with E-state index in [-0.39, 0.29) is 6.10 Å². The van der Waals surface area contributed by atoms with Crippen molar-refractivity contribution in [2.45, 2.75) is 44.6 Å². The van der Waals surface area contributed by atoms with Crippen LogP contribution in [-0.4, -0.2) is 5.11 Å². The van der Waals surface area contributed by atoms with Crippen LogP contribution in [0.25, 0.3) is 10.1 Å². The summed E-state index contributed by atoms with van der Waals surface area (Å²) in [6, 6.07) is 8.38. The van der Waals surface area contributed by atoms with Crippen molar-refractivity contribution in [3.63, 3.8) is 0 Å². The second kappa shape index (κ2) is 5.41. The van der Waals surface area contributed by atoms with Gasteiger partial charge in [-0.2, -0.15) is 0 Å². The maximum atomic E-state index is 10.4. The quantitative estimate of drug-likeness (QED) is 0.828. The van der Waals surface area contributed by atoms with E-state index >= 15 is 0 Å². The molecule has 1 atom stereocenters. The molecule has 1 aliphatic carbocycles. The van der Waals surface area contributed by atoms with Crippen LogP contribution in [-0.2, 0) is 0 Å². The smallest absolute Gasteiger partial charge is 0.0804 e. The predicted octanol–water partition coefficient (Wildman–Crippen LogP) is 4.91. The molecule has 2 heteroatoms. The lowest BCUT2D eigenvalue weighted by atomic mass is 9.96. The van der Waals surface area contributed by atoms with Crippen LogP contribution in [0.3, 0.4) is 0 Å². The first-order valence-electron chi connectivity index (χ1n) is 6.99. The van der Waals surface area contributed by atoms with E-state index in [1.165, 1.54) is 42.2 Å². The highest BCUT2D eigenvalue weighted by Gasteiger charge is 2.18. The molecule has 1 aromatic heterocycles. The lowest BCUT2D eigenvalue weighted by molar-refractivity contribution is 0.159. The molecule has 0 aliphatic heterocycles. The van der Waals surface area contributed by atoms with Crippen LogP contribution in [0.15, 0.2) is 29.6 Å². The van der Waals surface area contributed by atoms with E-state index in [0.717, 1.165) is 17.9 Å². The van der Waals surface area contributed by atoms with Gasteiger partial charge in [0.25, 0.3) is 0 Å². The number of thiophene rings is 1. The summed E-state index contributed by atoms with van der Waals surface area (Å²) in [5.74, 6) is 0.865. The van der Waals surface area contributed by atoms with Gasteiger partial charge in [0.15, 0.2) is 0 Å². The SMILES string of the molecule is OC(CCC1CCCC1)c1csc2ccccc12. The summed E-state index contributed by atoms with van der Waals surface area (Å²) in [4.78, 5) is 0. The molecule has 1 aromatic carbocycles. The number of aliphatic hydroxyl groups excluding tert-OH is 1. The van der Waals surface area contributed by atoms with E-state index < -0.39 is 0 Å². The van der Waals surface area contributed by atoms with Crippen LogP contribution >= 0.6 is 11.3 Å². The molecular formula is C16H20OS. The highest BCUT2D eigenvalue weighted by atomic mass is 32.1. The molecule has 96 valence electrons. The van der Waals surface area contributed by atoms with Crippen LogP contribution in [0.2, 0.25) is 0 Å². The van der Waals surface area contributed by atoms with Crippen LogP contribution in [0.4, 0.5) is 0 Å². The van der Waals surface area contributed by atoms with Crippen molar-refractivity contribution in [2.75, 3.05) is 0 Å². The average Bonchev–Trinajstić information content (AvgIpc) is 3.05. The monoisotopic (exact) mass is 260 g/mol. The van der Waals surface area contributed by atoms with Crippen molar-refractivity contribution in [2.24, 2.45) is 5.92 Å². The molecular weight excluding hydrogens is 240 g/mol. The minimum Gasteiger partial charge on any atom is -0.388 e. The van der Waals surface area contributed by atoms with Gasteiger partial charge in [-0.25, -0.2) is 0 Å². The zero-order valence-corrected chi connectivity index (χ0v) is 11.5. The van der Waals surface area contributed by atoms with Crippen molar-refractivity contribution >= 4 is 21.4 Å².